The van der Waals surface area contributed by atoms with Crippen LogP contribution in [0.15, 0.2) is 27.4 Å². The second-order valence-corrected chi connectivity index (χ2v) is 6.50. The molecule has 0 saturated carbocycles. The molecule has 0 fully saturated rings. The molecular weight excluding hydrogens is 370 g/mol. The minimum absolute atomic E-state index is 0.267. The number of carboxylic acid groups (broad SMARTS) is 2. The zero-order chi connectivity index (χ0) is 20.3. The van der Waals surface area contributed by atoms with Crippen LogP contribution in [0.4, 0.5) is 0 Å². The van der Waals surface area contributed by atoms with E-state index in [4.69, 9.17) is 9.15 Å². The van der Waals surface area contributed by atoms with Gasteiger partial charge in [-0.3, -0.25) is 4.79 Å². The Balaban J connectivity index is 1.65. The number of amides is 1. The number of ether oxygens (including phenoxy) is 1. The van der Waals surface area contributed by atoms with E-state index in [1.165, 1.54) is 6.07 Å². The van der Waals surface area contributed by atoms with Crippen molar-refractivity contribution in [1.82, 2.24) is 5.32 Å². The van der Waals surface area contributed by atoms with E-state index in [0.29, 0.717) is 17.6 Å². The van der Waals surface area contributed by atoms with E-state index in [1.54, 1.807) is 12.1 Å². The van der Waals surface area contributed by atoms with Crippen LogP contribution in [-0.2, 0) is 27.2 Å². The fraction of sp³-hybridized carbons (Fsp3) is 0.368. The van der Waals surface area contributed by atoms with Gasteiger partial charge in [-0.25, -0.2) is 4.79 Å². The highest BCUT2D eigenvalue weighted by Crippen LogP contribution is 2.29. The zero-order valence-corrected chi connectivity index (χ0v) is 14.8. The predicted octanol–water partition coefficient (Wildman–Crippen LogP) is -1.57. The Morgan fingerprint density at radius 1 is 1.18 bits per heavy atom. The van der Waals surface area contributed by atoms with Crippen LogP contribution in [0, 0.1) is 0 Å². The molecule has 1 heterocycles. The molecule has 1 aromatic carbocycles. The lowest BCUT2D eigenvalue weighted by Crippen LogP contribution is -2.49. The molecule has 0 radical (unpaired) electrons. The second kappa shape index (κ2) is 8.12. The van der Waals surface area contributed by atoms with Crippen molar-refractivity contribution in [2.24, 2.45) is 0 Å². The molecule has 9 nitrogen and oxygen atoms in total. The fourth-order valence-corrected chi connectivity index (χ4v) is 3.25. The number of benzene rings is 1. The number of carboxylic acids is 2. The molecule has 2 aromatic rings. The van der Waals surface area contributed by atoms with Gasteiger partial charge in [-0.1, -0.05) is 0 Å². The molecule has 28 heavy (non-hydrogen) atoms. The largest absolute Gasteiger partial charge is 0.550 e. The zero-order valence-electron chi connectivity index (χ0n) is 14.8. The third-order valence-electron chi connectivity index (χ3n) is 4.57. The normalized spacial score (nSPS) is 13.7. The monoisotopic (exact) mass is 387 g/mol. The van der Waals surface area contributed by atoms with Crippen LogP contribution in [0.25, 0.3) is 11.0 Å². The van der Waals surface area contributed by atoms with Gasteiger partial charge in [0.2, 0.25) is 0 Å². The van der Waals surface area contributed by atoms with Crippen molar-refractivity contribution in [2.45, 2.75) is 38.1 Å². The molecule has 1 aliphatic rings. The van der Waals surface area contributed by atoms with Crippen molar-refractivity contribution in [1.29, 1.82) is 0 Å². The van der Waals surface area contributed by atoms with Crippen molar-refractivity contribution >= 4 is 28.8 Å². The first kappa shape index (κ1) is 19.4. The molecule has 0 unspecified atom stereocenters. The summed E-state index contributed by atoms with van der Waals surface area (Å²) in [5.74, 6) is -3.52. The summed E-state index contributed by atoms with van der Waals surface area (Å²) >= 11 is 0. The summed E-state index contributed by atoms with van der Waals surface area (Å²) in [7, 11) is 0. The Kier molecular flexibility index (Phi) is 5.62. The van der Waals surface area contributed by atoms with Crippen molar-refractivity contribution in [2.75, 3.05) is 6.61 Å². The number of aliphatic carboxylic acids is 2. The lowest BCUT2D eigenvalue weighted by Gasteiger charge is -2.20. The van der Waals surface area contributed by atoms with Crippen molar-refractivity contribution in [3.63, 3.8) is 0 Å². The third kappa shape index (κ3) is 4.30. The Bertz CT molecular complexity index is 993. The van der Waals surface area contributed by atoms with Crippen LogP contribution in [0.2, 0.25) is 0 Å². The molecule has 1 atom stereocenters. The van der Waals surface area contributed by atoms with E-state index in [0.717, 1.165) is 23.8 Å². The maximum Gasteiger partial charge on any atom is 0.339 e. The summed E-state index contributed by atoms with van der Waals surface area (Å²) in [5, 5.41) is 24.4. The van der Waals surface area contributed by atoms with Crippen molar-refractivity contribution < 1.29 is 33.8 Å². The van der Waals surface area contributed by atoms with Gasteiger partial charge in [-0.15, -0.1) is 0 Å². The van der Waals surface area contributed by atoms with Crippen LogP contribution in [0.1, 0.15) is 30.4 Å². The molecule has 0 bridgehead atoms. The first-order valence-electron chi connectivity index (χ1n) is 8.76. The van der Waals surface area contributed by atoms with Crippen LogP contribution in [0.3, 0.4) is 0 Å². The standard InChI is InChI=1S/C19H19NO8/c21-16(20-14(18(24)25)6-7-17(22)23)9-27-10-4-5-12-11-2-1-3-13(11)19(26)28-15(12)8-10/h4-5,8,14H,1-3,6-7,9H2,(H,20,21)(H,22,23)(H,24,25)/p-2/t14-/m0/s1. The Morgan fingerprint density at radius 3 is 2.64 bits per heavy atom. The molecule has 1 amide bonds. The molecule has 0 saturated heterocycles. The Morgan fingerprint density at radius 2 is 1.93 bits per heavy atom. The summed E-state index contributed by atoms with van der Waals surface area (Å²) in [6.07, 6.45) is 1.51. The van der Waals surface area contributed by atoms with E-state index in [2.05, 4.69) is 5.32 Å². The molecule has 0 spiro atoms. The molecule has 1 aliphatic carbocycles. The van der Waals surface area contributed by atoms with E-state index in [1.807, 2.05) is 0 Å². The fourth-order valence-electron chi connectivity index (χ4n) is 3.25. The molecule has 148 valence electrons. The van der Waals surface area contributed by atoms with Crippen LogP contribution >= 0.6 is 0 Å². The first-order chi connectivity index (χ1) is 13.3. The van der Waals surface area contributed by atoms with Gasteiger partial charge >= 0.3 is 5.63 Å². The average Bonchev–Trinajstić information content (AvgIpc) is 3.13. The highest BCUT2D eigenvalue weighted by Gasteiger charge is 2.20. The van der Waals surface area contributed by atoms with E-state index in [9.17, 15) is 29.4 Å². The smallest absolute Gasteiger partial charge is 0.339 e. The van der Waals surface area contributed by atoms with Gasteiger partial charge in [0.1, 0.15) is 11.3 Å². The third-order valence-corrected chi connectivity index (χ3v) is 4.57. The average molecular weight is 387 g/mol. The molecule has 0 aliphatic heterocycles. The van der Waals surface area contributed by atoms with E-state index in [-0.39, 0.29) is 17.8 Å². The maximum absolute atomic E-state index is 12.0. The van der Waals surface area contributed by atoms with Crippen molar-refractivity contribution in [3.05, 3.63) is 39.7 Å². The van der Waals surface area contributed by atoms with Gasteiger partial charge < -0.3 is 34.3 Å². The number of fused-ring (bicyclic) bond motifs is 3. The van der Waals surface area contributed by atoms with Gasteiger partial charge in [0.05, 0.1) is 12.0 Å². The predicted molar refractivity (Wildman–Crippen MR) is 91.2 cm³/mol. The number of carbonyl (C=O) groups excluding carboxylic acids is 3. The molecular formula is C19H17NO8-2. The van der Waals surface area contributed by atoms with Crippen LogP contribution in [0.5, 0.6) is 5.75 Å². The SMILES string of the molecule is O=C([O-])CC[C@H](NC(=O)COc1ccc2c3c(c(=O)oc2c1)CCC3)C(=O)[O-]. The van der Waals surface area contributed by atoms with Crippen LogP contribution in [-0.4, -0.2) is 30.5 Å². The van der Waals surface area contributed by atoms with Crippen LogP contribution < -0.4 is 25.9 Å². The second-order valence-electron chi connectivity index (χ2n) is 6.50. The molecule has 1 N–H and O–H groups in total. The number of nitrogens with one attached hydrogen (secondary N) is 1. The topological polar surface area (TPSA) is 149 Å². The molecule has 3 rings (SSSR count). The summed E-state index contributed by atoms with van der Waals surface area (Å²) in [4.78, 5) is 45.3. The van der Waals surface area contributed by atoms with Crippen molar-refractivity contribution in [3.8, 4) is 5.75 Å². The number of rotatable bonds is 8. The van der Waals surface area contributed by atoms with Gasteiger partial charge in [-0.05, 0) is 49.8 Å². The lowest BCUT2D eigenvalue weighted by atomic mass is 10.1. The number of hydrogen-bond donors (Lipinski definition) is 1. The van der Waals surface area contributed by atoms with E-state index >= 15 is 0 Å². The van der Waals surface area contributed by atoms with Gasteiger partial charge in [0.25, 0.3) is 5.91 Å². The summed E-state index contributed by atoms with van der Waals surface area (Å²) in [6.45, 7) is -0.504. The Hall–Kier alpha value is -3.36. The highest BCUT2D eigenvalue weighted by molar-refractivity contribution is 5.85. The Labute approximate surface area is 158 Å². The lowest BCUT2D eigenvalue weighted by molar-refractivity contribution is -0.310. The first-order valence-corrected chi connectivity index (χ1v) is 8.76. The summed E-state index contributed by atoms with van der Waals surface area (Å²) < 4.78 is 10.6. The highest BCUT2D eigenvalue weighted by atomic mass is 16.5. The molecule has 9 heteroatoms. The van der Waals surface area contributed by atoms with E-state index < -0.39 is 36.9 Å². The molecule has 1 aromatic heterocycles. The maximum atomic E-state index is 12.0. The van der Waals surface area contributed by atoms with Gasteiger partial charge in [0, 0.05) is 23.0 Å². The number of carbonyl (C=O) groups is 3. The summed E-state index contributed by atoms with van der Waals surface area (Å²) in [5.41, 5.74) is 1.65. The number of hydrogen-bond acceptors (Lipinski definition) is 8. The van der Waals surface area contributed by atoms with Gasteiger partial charge in [0.15, 0.2) is 6.61 Å². The minimum Gasteiger partial charge on any atom is -0.550 e. The number of aryl methyl sites for hydroxylation is 1. The quantitative estimate of drug-likeness (QED) is 0.534. The van der Waals surface area contributed by atoms with Gasteiger partial charge in [-0.2, -0.15) is 0 Å². The summed E-state index contributed by atoms with van der Waals surface area (Å²) in [6, 6.07) is 3.40. The minimum atomic E-state index is -1.60.